The molecule has 5 nitrogen and oxygen atoms in total. The molecule has 0 saturated heterocycles. The molecule has 0 bridgehead atoms. The third-order valence-electron chi connectivity index (χ3n) is 5.93. The van der Waals surface area contributed by atoms with Crippen LogP contribution >= 0.6 is 0 Å². The summed E-state index contributed by atoms with van der Waals surface area (Å²) in [5, 5.41) is 5.13. The molecule has 0 fully saturated rings. The normalized spacial score (nSPS) is 11.4. The van der Waals surface area contributed by atoms with E-state index in [0.717, 1.165) is 63.9 Å². The van der Waals surface area contributed by atoms with Crippen LogP contribution in [0.3, 0.4) is 0 Å². The van der Waals surface area contributed by atoms with E-state index in [1.165, 1.54) is 0 Å². The first-order valence-corrected chi connectivity index (χ1v) is 11.1. The fourth-order valence-electron chi connectivity index (χ4n) is 4.33. The second-order valence-corrected chi connectivity index (χ2v) is 8.51. The second-order valence-electron chi connectivity index (χ2n) is 8.51. The van der Waals surface area contributed by atoms with Gasteiger partial charge in [0.15, 0.2) is 5.43 Å². The average Bonchev–Trinajstić information content (AvgIpc) is 2.80. The minimum absolute atomic E-state index is 0.0932. The standard InChI is InChI=1S/C27H31N3O2/c1-19-8-5-9-22-25(19)30(17-7-16-29(2)3)26-23(27(22)31)10-6-11-24(26)28-18-20-12-14-21(32-4)15-13-20/h5-6,8-15,28H,7,16-18H2,1-4H3. The van der Waals surface area contributed by atoms with Crippen molar-refractivity contribution >= 4 is 27.5 Å². The Morgan fingerprint density at radius 2 is 1.62 bits per heavy atom. The number of fused-ring (bicyclic) bond motifs is 2. The van der Waals surface area contributed by atoms with E-state index in [2.05, 4.69) is 60.1 Å². The highest BCUT2D eigenvalue weighted by atomic mass is 16.5. The van der Waals surface area contributed by atoms with Crippen molar-refractivity contribution in [2.24, 2.45) is 0 Å². The van der Waals surface area contributed by atoms with Gasteiger partial charge in [-0.25, -0.2) is 0 Å². The molecular formula is C27H31N3O2. The number of para-hydroxylation sites is 2. The number of aryl methyl sites for hydroxylation is 2. The summed E-state index contributed by atoms with van der Waals surface area (Å²) in [7, 11) is 5.86. The smallest absolute Gasteiger partial charge is 0.197 e. The van der Waals surface area contributed by atoms with Crippen molar-refractivity contribution < 1.29 is 4.74 Å². The number of rotatable bonds is 8. The number of pyridine rings is 1. The molecule has 1 N–H and O–H groups in total. The highest BCUT2D eigenvalue weighted by Gasteiger charge is 2.15. The zero-order chi connectivity index (χ0) is 22.7. The Bertz CT molecular complexity index is 1290. The molecule has 166 valence electrons. The number of nitrogens with one attached hydrogen (secondary N) is 1. The molecule has 1 aromatic heterocycles. The summed E-state index contributed by atoms with van der Waals surface area (Å²) in [5.74, 6) is 0.843. The average molecular weight is 430 g/mol. The number of hydrogen-bond acceptors (Lipinski definition) is 4. The molecule has 0 radical (unpaired) electrons. The van der Waals surface area contributed by atoms with Crippen LogP contribution in [-0.4, -0.2) is 37.2 Å². The maximum Gasteiger partial charge on any atom is 0.197 e. The molecule has 4 aromatic rings. The Kier molecular flexibility index (Phi) is 6.47. The third kappa shape index (κ3) is 4.34. The van der Waals surface area contributed by atoms with Crippen molar-refractivity contribution in [1.82, 2.24) is 9.47 Å². The van der Waals surface area contributed by atoms with Gasteiger partial charge in [-0.05, 0) is 75.4 Å². The van der Waals surface area contributed by atoms with Gasteiger partial charge in [-0.15, -0.1) is 0 Å². The van der Waals surface area contributed by atoms with E-state index < -0.39 is 0 Å². The number of hydrogen-bond donors (Lipinski definition) is 1. The Morgan fingerprint density at radius 1 is 0.938 bits per heavy atom. The van der Waals surface area contributed by atoms with Crippen molar-refractivity contribution in [3.8, 4) is 5.75 Å². The van der Waals surface area contributed by atoms with Crippen LogP contribution in [0.2, 0.25) is 0 Å². The fraction of sp³-hybridized carbons (Fsp3) is 0.296. The lowest BCUT2D eigenvalue weighted by atomic mass is 10.0. The lowest BCUT2D eigenvalue weighted by Crippen LogP contribution is -2.18. The summed E-state index contributed by atoms with van der Waals surface area (Å²) in [6, 6.07) is 20.0. The van der Waals surface area contributed by atoms with Crippen LogP contribution in [0, 0.1) is 6.92 Å². The SMILES string of the molecule is COc1ccc(CNc2cccc3c(=O)c4cccc(C)c4n(CCCN(C)C)c23)cc1. The monoisotopic (exact) mass is 429 g/mol. The van der Waals surface area contributed by atoms with Crippen LogP contribution in [0.25, 0.3) is 21.8 Å². The Labute approximate surface area is 189 Å². The van der Waals surface area contributed by atoms with Gasteiger partial charge in [0.25, 0.3) is 0 Å². The summed E-state index contributed by atoms with van der Waals surface area (Å²) in [5.41, 5.74) is 5.35. The number of methoxy groups -OCH3 is 1. The van der Waals surface area contributed by atoms with E-state index in [4.69, 9.17) is 4.74 Å². The molecule has 3 aromatic carbocycles. The molecule has 4 rings (SSSR count). The number of anilines is 1. The summed E-state index contributed by atoms with van der Waals surface area (Å²) in [6.07, 6.45) is 1.00. The van der Waals surface area contributed by atoms with Crippen LogP contribution in [0.1, 0.15) is 17.5 Å². The molecule has 0 spiro atoms. The van der Waals surface area contributed by atoms with Gasteiger partial charge in [0, 0.05) is 23.9 Å². The Morgan fingerprint density at radius 3 is 2.31 bits per heavy atom. The van der Waals surface area contributed by atoms with Gasteiger partial charge in [0.05, 0.1) is 23.8 Å². The van der Waals surface area contributed by atoms with E-state index in [1.807, 2.05) is 36.4 Å². The van der Waals surface area contributed by atoms with Crippen molar-refractivity contribution in [1.29, 1.82) is 0 Å². The minimum Gasteiger partial charge on any atom is -0.497 e. The molecule has 0 unspecified atom stereocenters. The molecule has 0 aliphatic rings. The molecule has 0 amide bonds. The maximum absolute atomic E-state index is 13.4. The van der Waals surface area contributed by atoms with Gasteiger partial charge in [0.2, 0.25) is 0 Å². The van der Waals surface area contributed by atoms with Gasteiger partial charge >= 0.3 is 0 Å². The maximum atomic E-state index is 13.4. The van der Waals surface area contributed by atoms with Crippen molar-refractivity contribution in [2.75, 3.05) is 33.1 Å². The lowest BCUT2D eigenvalue weighted by Gasteiger charge is -2.21. The lowest BCUT2D eigenvalue weighted by molar-refractivity contribution is 0.389. The summed E-state index contributed by atoms with van der Waals surface area (Å²) < 4.78 is 7.60. The van der Waals surface area contributed by atoms with Crippen LogP contribution in [0.5, 0.6) is 5.75 Å². The van der Waals surface area contributed by atoms with Crippen molar-refractivity contribution in [3.63, 3.8) is 0 Å². The van der Waals surface area contributed by atoms with Gasteiger partial charge < -0.3 is 19.5 Å². The minimum atomic E-state index is 0.0932. The first-order valence-electron chi connectivity index (χ1n) is 11.1. The van der Waals surface area contributed by atoms with E-state index in [0.29, 0.717) is 6.54 Å². The quantitative estimate of drug-likeness (QED) is 0.399. The fourth-order valence-corrected chi connectivity index (χ4v) is 4.33. The molecule has 0 aliphatic carbocycles. The zero-order valence-corrected chi connectivity index (χ0v) is 19.3. The largest absolute Gasteiger partial charge is 0.497 e. The molecule has 0 atom stereocenters. The summed E-state index contributed by atoms with van der Waals surface area (Å²) >= 11 is 0. The Hall–Kier alpha value is -3.31. The number of aromatic nitrogens is 1. The molecule has 5 heteroatoms. The van der Waals surface area contributed by atoms with Crippen LogP contribution in [0.4, 0.5) is 5.69 Å². The third-order valence-corrected chi connectivity index (χ3v) is 5.93. The van der Waals surface area contributed by atoms with Crippen molar-refractivity contribution in [2.45, 2.75) is 26.4 Å². The van der Waals surface area contributed by atoms with Crippen LogP contribution < -0.4 is 15.5 Å². The first-order chi connectivity index (χ1) is 15.5. The Balaban J connectivity index is 1.83. The van der Waals surface area contributed by atoms with Crippen molar-refractivity contribution in [3.05, 3.63) is 82.0 Å². The summed E-state index contributed by atoms with van der Waals surface area (Å²) in [4.78, 5) is 15.6. The first kappa shape index (κ1) is 21.9. The number of ether oxygens (including phenoxy) is 1. The van der Waals surface area contributed by atoms with E-state index in [1.54, 1.807) is 7.11 Å². The predicted molar refractivity (Wildman–Crippen MR) is 134 cm³/mol. The summed E-state index contributed by atoms with van der Waals surface area (Å²) in [6.45, 7) is 4.59. The van der Waals surface area contributed by atoms with Crippen LogP contribution in [-0.2, 0) is 13.1 Å². The van der Waals surface area contributed by atoms with E-state index >= 15 is 0 Å². The molecule has 1 heterocycles. The van der Waals surface area contributed by atoms with Crippen LogP contribution in [0.15, 0.2) is 65.5 Å². The van der Waals surface area contributed by atoms with E-state index in [9.17, 15) is 4.79 Å². The molecule has 32 heavy (non-hydrogen) atoms. The van der Waals surface area contributed by atoms with E-state index in [-0.39, 0.29) is 5.43 Å². The predicted octanol–water partition coefficient (Wildman–Crippen LogP) is 5.04. The van der Waals surface area contributed by atoms with Gasteiger partial charge in [-0.3, -0.25) is 4.79 Å². The molecule has 0 aliphatic heterocycles. The highest BCUT2D eigenvalue weighted by Crippen LogP contribution is 2.28. The topological polar surface area (TPSA) is 46.5 Å². The molecular weight excluding hydrogens is 398 g/mol. The molecule has 0 saturated carbocycles. The van der Waals surface area contributed by atoms with Gasteiger partial charge in [-0.2, -0.15) is 0 Å². The highest BCUT2D eigenvalue weighted by molar-refractivity contribution is 6.00. The van der Waals surface area contributed by atoms with Gasteiger partial charge in [-0.1, -0.05) is 30.3 Å². The van der Waals surface area contributed by atoms with Gasteiger partial charge in [0.1, 0.15) is 5.75 Å². The number of benzene rings is 3. The zero-order valence-electron chi connectivity index (χ0n) is 19.3. The second kappa shape index (κ2) is 9.45. The number of nitrogens with zero attached hydrogens (tertiary/aromatic N) is 2.